The molecule has 0 amide bonds. The smallest absolute Gasteiger partial charge is 0.336 e. The number of hydrogen-bond acceptors (Lipinski definition) is 2. The van der Waals surface area contributed by atoms with Gasteiger partial charge in [0.1, 0.15) is 11.6 Å². The Bertz CT molecular complexity index is 643. The van der Waals surface area contributed by atoms with Gasteiger partial charge in [-0.2, -0.15) is 0 Å². The summed E-state index contributed by atoms with van der Waals surface area (Å²) in [6.45, 7) is 3.86. The molecule has 0 saturated carbocycles. The molecule has 0 radical (unpaired) electrons. The molecule has 2 aromatic carbocycles. The van der Waals surface area contributed by atoms with E-state index in [0.29, 0.717) is 5.75 Å². The van der Waals surface area contributed by atoms with Crippen LogP contribution in [0.25, 0.3) is 6.08 Å². The van der Waals surface area contributed by atoms with Crippen LogP contribution in [0.15, 0.2) is 48.5 Å². The monoisotopic (exact) mass is 270 g/mol. The number of benzene rings is 2. The molecule has 0 N–H and O–H groups in total. The number of carbonyl (C=O) groups is 1. The summed E-state index contributed by atoms with van der Waals surface area (Å²) in [5, 5.41) is 0. The Morgan fingerprint density at radius 1 is 1.10 bits per heavy atom. The predicted molar refractivity (Wildman–Crippen MR) is 77.0 cm³/mol. The topological polar surface area (TPSA) is 26.3 Å². The maximum absolute atomic E-state index is 12.7. The Morgan fingerprint density at radius 2 is 1.80 bits per heavy atom. The minimum atomic E-state index is -0.456. The lowest BCUT2D eigenvalue weighted by molar-refractivity contribution is -0.128. The standard InChI is InChI=1S/C17H15FO2/c1-12-4-3-5-16(13(12)2)20-17(19)11-8-14-6-9-15(18)10-7-14/h3-11H,1-2H3/b11-8+. The van der Waals surface area contributed by atoms with Gasteiger partial charge in [0.05, 0.1) is 0 Å². The molecule has 0 bridgehead atoms. The molecular formula is C17H15FO2. The molecule has 0 heterocycles. The third-order valence-electron chi connectivity index (χ3n) is 3.05. The Morgan fingerprint density at radius 3 is 2.50 bits per heavy atom. The zero-order chi connectivity index (χ0) is 14.5. The summed E-state index contributed by atoms with van der Waals surface area (Å²) in [4.78, 5) is 11.7. The lowest BCUT2D eigenvalue weighted by Crippen LogP contribution is -2.05. The number of carbonyl (C=O) groups excluding carboxylic acids is 1. The van der Waals surface area contributed by atoms with Gasteiger partial charge in [0.15, 0.2) is 0 Å². The van der Waals surface area contributed by atoms with Crippen molar-refractivity contribution in [2.75, 3.05) is 0 Å². The van der Waals surface area contributed by atoms with Gasteiger partial charge in [-0.15, -0.1) is 0 Å². The molecule has 0 fully saturated rings. The highest BCUT2D eigenvalue weighted by Gasteiger charge is 2.05. The largest absolute Gasteiger partial charge is 0.423 e. The van der Waals surface area contributed by atoms with Gasteiger partial charge in [0, 0.05) is 6.08 Å². The Hall–Kier alpha value is -2.42. The van der Waals surface area contributed by atoms with Gasteiger partial charge in [-0.3, -0.25) is 0 Å². The van der Waals surface area contributed by atoms with E-state index in [0.717, 1.165) is 16.7 Å². The van der Waals surface area contributed by atoms with E-state index >= 15 is 0 Å². The molecule has 0 atom stereocenters. The molecule has 102 valence electrons. The molecule has 0 saturated heterocycles. The molecule has 2 aromatic rings. The van der Waals surface area contributed by atoms with E-state index in [-0.39, 0.29) is 5.82 Å². The van der Waals surface area contributed by atoms with Gasteiger partial charge in [-0.25, -0.2) is 9.18 Å². The summed E-state index contributed by atoms with van der Waals surface area (Å²) in [7, 11) is 0. The van der Waals surface area contributed by atoms with Crippen LogP contribution in [-0.2, 0) is 4.79 Å². The molecule has 20 heavy (non-hydrogen) atoms. The van der Waals surface area contributed by atoms with Crippen LogP contribution in [-0.4, -0.2) is 5.97 Å². The summed E-state index contributed by atoms with van der Waals surface area (Å²) >= 11 is 0. The van der Waals surface area contributed by atoms with Crippen LogP contribution in [0.3, 0.4) is 0 Å². The van der Waals surface area contributed by atoms with Gasteiger partial charge >= 0.3 is 5.97 Å². The number of aryl methyl sites for hydroxylation is 1. The quantitative estimate of drug-likeness (QED) is 0.477. The predicted octanol–water partition coefficient (Wildman–Crippen LogP) is 4.06. The average molecular weight is 270 g/mol. The third-order valence-corrected chi connectivity index (χ3v) is 3.05. The van der Waals surface area contributed by atoms with E-state index in [1.165, 1.54) is 18.2 Å². The van der Waals surface area contributed by atoms with Gasteiger partial charge in [-0.05, 0) is 54.8 Å². The van der Waals surface area contributed by atoms with E-state index < -0.39 is 5.97 Å². The first-order valence-corrected chi connectivity index (χ1v) is 6.28. The molecule has 2 rings (SSSR count). The highest BCUT2D eigenvalue weighted by Crippen LogP contribution is 2.20. The number of hydrogen-bond donors (Lipinski definition) is 0. The van der Waals surface area contributed by atoms with Crippen LogP contribution in [0, 0.1) is 19.7 Å². The fourth-order valence-electron chi connectivity index (χ4n) is 1.72. The van der Waals surface area contributed by atoms with Crippen LogP contribution in [0.5, 0.6) is 5.75 Å². The van der Waals surface area contributed by atoms with Crippen LogP contribution >= 0.6 is 0 Å². The molecular weight excluding hydrogens is 255 g/mol. The first-order valence-electron chi connectivity index (χ1n) is 6.28. The van der Waals surface area contributed by atoms with Gasteiger partial charge in [0.2, 0.25) is 0 Å². The van der Waals surface area contributed by atoms with Crippen molar-refractivity contribution in [1.29, 1.82) is 0 Å². The van der Waals surface area contributed by atoms with Gasteiger partial charge < -0.3 is 4.74 Å². The first kappa shape index (κ1) is 14.0. The van der Waals surface area contributed by atoms with Crippen LogP contribution in [0.2, 0.25) is 0 Å². The van der Waals surface area contributed by atoms with Crippen molar-refractivity contribution in [2.24, 2.45) is 0 Å². The summed E-state index contributed by atoms with van der Waals surface area (Å²) in [6, 6.07) is 11.4. The van der Waals surface area contributed by atoms with Crippen LogP contribution < -0.4 is 4.74 Å². The molecule has 0 aliphatic heterocycles. The summed E-state index contributed by atoms with van der Waals surface area (Å²) in [5.41, 5.74) is 2.75. The van der Waals surface area contributed by atoms with Crippen molar-refractivity contribution in [3.8, 4) is 5.75 Å². The lowest BCUT2D eigenvalue weighted by atomic mass is 10.1. The second-order valence-corrected chi connectivity index (χ2v) is 4.50. The van der Waals surface area contributed by atoms with Crippen molar-refractivity contribution >= 4 is 12.0 Å². The van der Waals surface area contributed by atoms with Crippen molar-refractivity contribution in [3.05, 3.63) is 71.0 Å². The Labute approximate surface area is 117 Å². The number of halogens is 1. The number of esters is 1. The Balaban J connectivity index is 2.05. The second-order valence-electron chi connectivity index (χ2n) is 4.50. The van der Waals surface area contributed by atoms with E-state index in [1.807, 2.05) is 26.0 Å². The van der Waals surface area contributed by atoms with Crippen LogP contribution in [0.1, 0.15) is 16.7 Å². The summed E-state index contributed by atoms with van der Waals surface area (Å²) in [6.07, 6.45) is 2.92. The minimum absolute atomic E-state index is 0.305. The normalized spacial score (nSPS) is 10.8. The lowest BCUT2D eigenvalue weighted by Gasteiger charge is -2.07. The van der Waals surface area contributed by atoms with Crippen molar-refractivity contribution in [3.63, 3.8) is 0 Å². The molecule has 0 aliphatic rings. The van der Waals surface area contributed by atoms with E-state index in [1.54, 1.807) is 24.3 Å². The number of rotatable bonds is 3. The van der Waals surface area contributed by atoms with Gasteiger partial charge in [0.25, 0.3) is 0 Å². The third kappa shape index (κ3) is 3.54. The first-order chi connectivity index (χ1) is 9.56. The van der Waals surface area contributed by atoms with Crippen molar-refractivity contribution in [2.45, 2.75) is 13.8 Å². The van der Waals surface area contributed by atoms with E-state index in [9.17, 15) is 9.18 Å². The maximum Gasteiger partial charge on any atom is 0.336 e. The second kappa shape index (κ2) is 6.15. The Kier molecular flexibility index (Phi) is 4.31. The van der Waals surface area contributed by atoms with Crippen molar-refractivity contribution < 1.29 is 13.9 Å². The fraction of sp³-hybridized carbons (Fsp3) is 0.118. The fourth-order valence-corrected chi connectivity index (χ4v) is 1.72. The summed E-state index contributed by atoms with van der Waals surface area (Å²) < 4.78 is 18.0. The SMILES string of the molecule is Cc1cccc(OC(=O)/C=C/c2ccc(F)cc2)c1C. The highest BCUT2D eigenvalue weighted by molar-refractivity contribution is 5.88. The molecule has 0 spiro atoms. The molecule has 0 aromatic heterocycles. The average Bonchev–Trinajstić information content (AvgIpc) is 2.43. The highest BCUT2D eigenvalue weighted by atomic mass is 19.1. The summed E-state index contributed by atoms with van der Waals surface area (Å²) in [5.74, 6) is -0.207. The maximum atomic E-state index is 12.7. The van der Waals surface area contributed by atoms with E-state index in [4.69, 9.17) is 4.74 Å². The molecule has 2 nitrogen and oxygen atoms in total. The zero-order valence-corrected chi connectivity index (χ0v) is 11.4. The van der Waals surface area contributed by atoms with Crippen LogP contribution in [0.4, 0.5) is 4.39 Å². The molecule has 3 heteroatoms. The van der Waals surface area contributed by atoms with Crippen molar-refractivity contribution in [1.82, 2.24) is 0 Å². The molecule has 0 unspecified atom stereocenters. The number of ether oxygens (including phenoxy) is 1. The minimum Gasteiger partial charge on any atom is -0.423 e. The molecule has 0 aliphatic carbocycles. The van der Waals surface area contributed by atoms with E-state index in [2.05, 4.69) is 0 Å². The van der Waals surface area contributed by atoms with Gasteiger partial charge in [-0.1, -0.05) is 24.3 Å². The zero-order valence-electron chi connectivity index (χ0n) is 11.4.